The second-order valence-electron chi connectivity index (χ2n) is 6.47. The Balaban J connectivity index is 1.83. The molecule has 0 unspecified atom stereocenters. The molecule has 1 saturated carbocycles. The number of urea groups is 1. The third kappa shape index (κ3) is 4.11. The van der Waals surface area contributed by atoms with Gasteiger partial charge in [0.05, 0.1) is 12.2 Å². The number of anilines is 2. The third-order valence-corrected chi connectivity index (χ3v) is 4.65. The number of nitrogens with two attached hydrogens (primary N) is 1. The first kappa shape index (κ1) is 17.7. The summed E-state index contributed by atoms with van der Waals surface area (Å²) in [7, 11) is 0. The van der Waals surface area contributed by atoms with Gasteiger partial charge in [-0.05, 0) is 49.1 Å². The van der Waals surface area contributed by atoms with Crippen molar-refractivity contribution in [2.24, 2.45) is 11.7 Å². The van der Waals surface area contributed by atoms with Crippen LogP contribution in [0.5, 0.6) is 0 Å². The average molecular weight is 353 g/mol. The fraction of sp³-hybridized carbons (Fsp3) is 0.316. The molecule has 2 aromatic rings. The largest absolute Gasteiger partial charge is 0.351 e. The fourth-order valence-corrected chi connectivity index (χ4v) is 3.04. The van der Waals surface area contributed by atoms with Crippen molar-refractivity contribution in [2.75, 3.05) is 10.2 Å². The number of nitrogens with zero attached hydrogens (tertiary/aromatic N) is 3. The van der Waals surface area contributed by atoms with Crippen LogP contribution in [0.2, 0.25) is 0 Å². The topological polar surface area (TPSA) is 93.2 Å². The van der Waals surface area contributed by atoms with Crippen LogP contribution >= 0.6 is 0 Å². The van der Waals surface area contributed by atoms with Crippen LogP contribution in [0, 0.1) is 5.92 Å². The number of nitrogens with one attached hydrogen (secondary N) is 1. The Bertz CT molecular complexity index is 810. The number of rotatable bonds is 7. The predicted molar refractivity (Wildman–Crippen MR) is 101 cm³/mol. The van der Waals surface area contributed by atoms with Gasteiger partial charge in [-0.1, -0.05) is 19.1 Å². The lowest BCUT2D eigenvalue weighted by Gasteiger charge is -2.27. The minimum atomic E-state index is -0.651. The fourth-order valence-electron chi connectivity index (χ4n) is 3.04. The van der Waals surface area contributed by atoms with Crippen molar-refractivity contribution in [3.05, 3.63) is 54.9 Å². The molecule has 3 N–H and O–H groups in total. The molecule has 3 rings (SSSR count). The number of carbonyl (C=O) groups is 2. The monoisotopic (exact) mass is 353 g/mol. The molecule has 0 radical (unpaired) electrons. The van der Waals surface area contributed by atoms with Crippen LogP contribution in [0.4, 0.5) is 16.2 Å². The summed E-state index contributed by atoms with van der Waals surface area (Å²) in [5.74, 6) is 0.443. The van der Waals surface area contributed by atoms with Crippen LogP contribution in [-0.2, 0) is 17.9 Å². The Morgan fingerprint density at radius 3 is 2.85 bits per heavy atom. The maximum absolute atomic E-state index is 12.4. The highest BCUT2D eigenvalue weighted by Gasteiger charge is 2.21. The lowest BCUT2D eigenvalue weighted by Crippen LogP contribution is -2.30. The van der Waals surface area contributed by atoms with E-state index in [9.17, 15) is 9.59 Å². The lowest BCUT2D eigenvalue weighted by molar-refractivity contribution is -0.114. The highest BCUT2D eigenvalue weighted by molar-refractivity contribution is 6.01. The molecule has 1 aromatic carbocycles. The van der Waals surface area contributed by atoms with E-state index in [4.69, 9.17) is 5.73 Å². The zero-order valence-electron chi connectivity index (χ0n) is 14.6. The molecule has 7 heteroatoms. The minimum Gasteiger partial charge on any atom is -0.351 e. The summed E-state index contributed by atoms with van der Waals surface area (Å²) in [6.07, 6.45) is 6.78. The van der Waals surface area contributed by atoms with Gasteiger partial charge in [-0.25, -0.2) is 4.79 Å². The Kier molecular flexibility index (Phi) is 5.36. The van der Waals surface area contributed by atoms with Crippen molar-refractivity contribution in [3.63, 3.8) is 0 Å². The summed E-state index contributed by atoms with van der Waals surface area (Å²) >= 11 is 0. The van der Waals surface area contributed by atoms with Crippen molar-refractivity contribution < 1.29 is 9.59 Å². The summed E-state index contributed by atoms with van der Waals surface area (Å²) in [5.41, 5.74) is 7.31. The van der Waals surface area contributed by atoms with Crippen molar-refractivity contribution in [2.45, 2.75) is 32.4 Å². The van der Waals surface area contributed by atoms with Crippen LogP contribution in [0.1, 0.15) is 25.0 Å². The van der Waals surface area contributed by atoms with E-state index in [1.165, 1.54) is 25.3 Å². The molecular weight excluding hydrogens is 330 g/mol. The van der Waals surface area contributed by atoms with E-state index in [1.54, 1.807) is 35.4 Å². The molecule has 0 atom stereocenters. The van der Waals surface area contributed by atoms with Crippen LogP contribution in [0.15, 0.2) is 49.2 Å². The molecule has 7 nitrogen and oxygen atoms in total. The third-order valence-electron chi connectivity index (χ3n) is 4.65. The number of amides is 3. The predicted octanol–water partition coefficient (Wildman–Crippen LogP) is 2.89. The zero-order chi connectivity index (χ0) is 18.5. The van der Waals surface area contributed by atoms with Gasteiger partial charge in [0.15, 0.2) is 0 Å². The van der Waals surface area contributed by atoms with Crippen LogP contribution < -0.4 is 16.0 Å². The summed E-state index contributed by atoms with van der Waals surface area (Å²) in [6.45, 7) is 4.85. The Hall–Kier alpha value is -3.09. The normalized spacial score (nSPS) is 13.7. The van der Waals surface area contributed by atoms with E-state index in [0.29, 0.717) is 23.8 Å². The van der Waals surface area contributed by atoms with Gasteiger partial charge in [0, 0.05) is 24.1 Å². The SMILES string of the molecule is C=CC(=O)N(Cc1ccnn1CC1CCC1)c1cccc(NC(N)=O)c1. The number of hydrogen-bond donors (Lipinski definition) is 2. The number of carbonyl (C=O) groups excluding carboxylic acids is 2. The number of primary amides is 1. The summed E-state index contributed by atoms with van der Waals surface area (Å²) in [4.78, 5) is 25.1. The molecule has 0 spiro atoms. The molecule has 136 valence electrons. The van der Waals surface area contributed by atoms with Crippen LogP contribution in [0.25, 0.3) is 0 Å². The second kappa shape index (κ2) is 7.86. The van der Waals surface area contributed by atoms with Gasteiger partial charge in [0.1, 0.15) is 0 Å². The Labute approximate surface area is 152 Å². The van der Waals surface area contributed by atoms with E-state index in [2.05, 4.69) is 17.0 Å². The molecule has 0 bridgehead atoms. The summed E-state index contributed by atoms with van der Waals surface area (Å²) in [6, 6.07) is 8.26. The maximum atomic E-state index is 12.4. The van der Waals surface area contributed by atoms with E-state index in [0.717, 1.165) is 12.2 Å². The first-order chi connectivity index (χ1) is 12.6. The van der Waals surface area contributed by atoms with Gasteiger partial charge in [0.2, 0.25) is 0 Å². The Morgan fingerprint density at radius 2 is 2.19 bits per heavy atom. The Morgan fingerprint density at radius 1 is 1.38 bits per heavy atom. The van der Waals surface area contributed by atoms with E-state index >= 15 is 0 Å². The summed E-state index contributed by atoms with van der Waals surface area (Å²) in [5, 5.41) is 6.93. The number of hydrogen-bond acceptors (Lipinski definition) is 3. The van der Waals surface area contributed by atoms with Gasteiger partial charge in [-0.15, -0.1) is 0 Å². The van der Waals surface area contributed by atoms with Crippen LogP contribution in [-0.4, -0.2) is 21.7 Å². The van der Waals surface area contributed by atoms with Crippen molar-refractivity contribution in [1.82, 2.24) is 9.78 Å². The molecule has 1 fully saturated rings. The van der Waals surface area contributed by atoms with Crippen molar-refractivity contribution in [1.29, 1.82) is 0 Å². The molecule has 26 heavy (non-hydrogen) atoms. The van der Waals surface area contributed by atoms with Gasteiger partial charge in [-0.3, -0.25) is 9.48 Å². The molecule has 1 heterocycles. The number of benzene rings is 1. The first-order valence-corrected chi connectivity index (χ1v) is 8.68. The highest BCUT2D eigenvalue weighted by Crippen LogP contribution is 2.28. The van der Waals surface area contributed by atoms with E-state index < -0.39 is 6.03 Å². The molecule has 0 aliphatic heterocycles. The standard InChI is InChI=1S/C19H23N5O2/c1-2-18(25)23(16-8-4-7-15(11-16)22-19(20)26)13-17-9-10-21-24(17)12-14-5-3-6-14/h2,4,7-11,14H,1,3,5-6,12-13H2,(H3,20,22,26). The molecule has 1 aromatic heterocycles. The van der Waals surface area contributed by atoms with Gasteiger partial charge in [0.25, 0.3) is 5.91 Å². The smallest absolute Gasteiger partial charge is 0.316 e. The van der Waals surface area contributed by atoms with Gasteiger partial charge >= 0.3 is 6.03 Å². The molecule has 1 aliphatic rings. The molecule has 1 aliphatic carbocycles. The zero-order valence-corrected chi connectivity index (χ0v) is 14.6. The molecular formula is C19H23N5O2. The maximum Gasteiger partial charge on any atom is 0.316 e. The van der Waals surface area contributed by atoms with E-state index in [-0.39, 0.29) is 5.91 Å². The summed E-state index contributed by atoms with van der Waals surface area (Å²) < 4.78 is 1.97. The second-order valence-corrected chi connectivity index (χ2v) is 6.47. The molecule has 3 amide bonds. The van der Waals surface area contributed by atoms with E-state index in [1.807, 2.05) is 10.7 Å². The van der Waals surface area contributed by atoms with Crippen molar-refractivity contribution >= 4 is 23.3 Å². The lowest BCUT2D eigenvalue weighted by atomic mass is 9.85. The molecule has 0 saturated heterocycles. The first-order valence-electron chi connectivity index (χ1n) is 8.68. The van der Waals surface area contributed by atoms with Gasteiger partial charge in [-0.2, -0.15) is 5.10 Å². The van der Waals surface area contributed by atoms with Crippen molar-refractivity contribution in [3.8, 4) is 0 Å². The van der Waals surface area contributed by atoms with Gasteiger partial charge < -0.3 is 16.0 Å². The number of aromatic nitrogens is 2. The quantitative estimate of drug-likeness (QED) is 0.750. The highest BCUT2D eigenvalue weighted by atomic mass is 16.2. The van der Waals surface area contributed by atoms with Crippen LogP contribution in [0.3, 0.4) is 0 Å². The minimum absolute atomic E-state index is 0.224. The average Bonchev–Trinajstić information content (AvgIpc) is 3.02.